The average Bonchev–Trinajstić information content (AvgIpc) is 3.37. The van der Waals surface area contributed by atoms with E-state index >= 15 is 4.39 Å². The van der Waals surface area contributed by atoms with E-state index in [0.717, 1.165) is 49.9 Å². The summed E-state index contributed by atoms with van der Waals surface area (Å²) in [5.74, 6) is -0.460. The highest BCUT2D eigenvalue weighted by atomic mass is 19.4. The zero-order chi connectivity index (χ0) is 27.8. The molecule has 0 amide bonds. The molecule has 0 aliphatic heterocycles. The van der Waals surface area contributed by atoms with Crippen molar-refractivity contribution in [3.05, 3.63) is 88.0 Å². The van der Waals surface area contributed by atoms with Crippen molar-refractivity contribution in [2.75, 3.05) is 0 Å². The second-order valence-electron chi connectivity index (χ2n) is 11.5. The van der Waals surface area contributed by atoms with Gasteiger partial charge in [-0.25, -0.2) is 8.78 Å². The molecule has 1 fully saturated rings. The van der Waals surface area contributed by atoms with Gasteiger partial charge in [-0.05, 0) is 72.6 Å². The summed E-state index contributed by atoms with van der Waals surface area (Å²) in [4.78, 5) is 4.86. The van der Waals surface area contributed by atoms with Crippen LogP contribution in [0.4, 0.5) is 22.0 Å². The van der Waals surface area contributed by atoms with E-state index in [1.165, 1.54) is 12.1 Å². The fourth-order valence-electron chi connectivity index (χ4n) is 5.55. The predicted octanol–water partition coefficient (Wildman–Crippen LogP) is 9.40. The molecular weight excluding hydrogens is 497 g/mol. The van der Waals surface area contributed by atoms with Gasteiger partial charge in [0.25, 0.3) is 0 Å². The number of rotatable bonds is 6. The van der Waals surface area contributed by atoms with E-state index in [1.54, 1.807) is 19.1 Å². The first kappa shape index (κ1) is 28.2. The first-order chi connectivity index (χ1) is 17.8. The number of aryl methyl sites for hydroxylation is 1. The van der Waals surface area contributed by atoms with Crippen LogP contribution in [0.2, 0.25) is 0 Å². The molecule has 0 radical (unpaired) electrons. The molecular formula is C31H34F5NO. The van der Waals surface area contributed by atoms with Gasteiger partial charge in [0.15, 0.2) is 6.17 Å². The lowest BCUT2D eigenvalue weighted by atomic mass is 9.80. The molecule has 0 bridgehead atoms. The molecule has 204 valence electrons. The van der Waals surface area contributed by atoms with Crippen LogP contribution in [0.15, 0.2) is 48.5 Å². The molecule has 4 rings (SSSR count). The maximum atomic E-state index is 16.7. The monoisotopic (exact) mass is 531 g/mol. The smallest absolute Gasteiger partial charge is 0.388 e. The van der Waals surface area contributed by atoms with Gasteiger partial charge >= 0.3 is 6.18 Å². The molecule has 1 aliphatic carbocycles. The third kappa shape index (κ3) is 6.09. The lowest BCUT2D eigenvalue weighted by Crippen LogP contribution is -2.18. The van der Waals surface area contributed by atoms with Gasteiger partial charge in [0, 0.05) is 22.7 Å². The number of hydrogen-bond donors (Lipinski definition) is 1. The van der Waals surface area contributed by atoms with Crippen LogP contribution >= 0.6 is 0 Å². The van der Waals surface area contributed by atoms with Crippen LogP contribution in [-0.4, -0.2) is 10.1 Å². The minimum Gasteiger partial charge on any atom is -0.388 e. The summed E-state index contributed by atoms with van der Waals surface area (Å²) in [5.41, 5.74) is 1.80. The average molecular weight is 532 g/mol. The van der Waals surface area contributed by atoms with E-state index in [1.807, 2.05) is 20.8 Å². The summed E-state index contributed by atoms with van der Waals surface area (Å²) in [6, 6.07) is 9.76. The Hall–Kier alpha value is -2.80. The Bertz CT molecular complexity index is 1250. The number of aliphatic hydroxyl groups is 1. The number of hydrogen-bond acceptors (Lipinski definition) is 2. The molecule has 38 heavy (non-hydrogen) atoms. The third-order valence-electron chi connectivity index (χ3n) is 7.29. The van der Waals surface area contributed by atoms with Crippen LogP contribution in [0.25, 0.3) is 11.1 Å². The van der Waals surface area contributed by atoms with Gasteiger partial charge in [-0.2, -0.15) is 13.2 Å². The van der Waals surface area contributed by atoms with E-state index in [-0.39, 0.29) is 22.5 Å². The van der Waals surface area contributed by atoms with Crippen LogP contribution in [0.5, 0.6) is 0 Å². The summed E-state index contributed by atoms with van der Waals surface area (Å²) >= 11 is 0. The number of nitrogens with zero attached hydrogens (tertiary/aromatic N) is 1. The summed E-state index contributed by atoms with van der Waals surface area (Å²) in [7, 11) is 0. The van der Waals surface area contributed by atoms with Gasteiger partial charge in [-0.15, -0.1) is 0 Å². The Balaban J connectivity index is 2.00. The number of pyridine rings is 1. The molecule has 2 atom stereocenters. The topological polar surface area (TPSA) is 33.1 Å². The van der Waals surface area contributed by atoms with E-state index in [0.29, 0.717) is 34.5 Å². The zero-order valence-corrected chi connectivity index (χ0v) is 22.2. The number of aromatic nitrogens is 1. The Morgan fingerprint density at radius 3 is 2.03 bits per heavy atom. The SMILES string of the molecule is Cc1nc(C2CCCC2)c([C@@H](F)c2ccc(C(F)(F)F)cc2)c(-c2ccc(F)cc2)c1[C@@H](O)CC(C)(C)C. The van der Waals surface area contributed by atoms with Crippen LogP contribution in [0.1, 0.15) is 105 Å². The Morgan fingerprint density at radius 1 is 0.921 bits per heavy atom. The molecule has 1 aromatic heterocycles. The van der Waals surface area contributed by atoms with E-state index in [4.69, 9.17) is 4.98 Å². The molecule has 1 heterocycles. The molecule has 0 unspecified atom stereocenters. The van der Waals surface area contributed by atoms with Crippen molar-refractivity contribution in [2.45, 2.75) is 84.2 Å². The molecule has 0 spiro atoms. The van der Waals surface area contributed by atoms with Crippen molar-refractivity contribution in [1.82, 2.24) is 4.98 Å². The molecule has 1 saturated carbocycles. The lowest BCUT2D eigenvalue weighted by Gasteiger charge is -2.30. The first-order valence-corrected chi connectivity index (χ1v) is 13.1. The number of aliphatic hydroxyl groups excluding tert-OH is 1. The highest BCUT2D eigenvalue weighted by Crippen LogP contribution is 2.47. The van der Waals surface area contributed by atoms with Gasteiger partial charge in [0.05, 0.1) is 17.4 Å². The summed E-state index contributed by atoms with van der Waals surface area (Å²) in [6.07, 6.45) is -3.32. The van der Waals surface area contributed by atoms with Gasteiger partial charge in [0.2, 0.25) is 0 Å². The largest absolute Gasteiger partial charge is 0.416 e. The Morgan fingerprint density at radius 2 is 1.50 bits per heavy atom. The Kier molecular flexibility index (Phi) is 7.99. The molecule has 0 saturated heterocycles. The number of benzene rings is 2. The van der Waals surface area contributed by atoms with Crippen LogP contribution < -0.4 is 0 Å². The van der Waals surface area contributed by atoms with Crippen molar-refractivity contribution >= 4 is 0 Å². The highest BCUT2D eigenvalue weighted by molar-refractivity contribution is 5.75. The highest BCUT2D eigenvalue weighted by Gasteiger charge is 2.35. The van der Waals surface area contributed by atoms with E-state index < -0.39 is 29.8 Å². The van der Waals surface area contributed by atoms with Crippen LogP contribution in [0.3, 0.4) is 0 Å². The summed E-state index contributed by atoms with van der Waals surface area (Å²) in [5, 5.41) is 11.4. The minimum absolute atomic E-state index is 0.00981. The van der Waals surface area contributed by atoms with Crippen LogP contribution in [0, 0.1) is 18.2 Å². The van der Waals surface area contributed by atoms with Crippen molar-refractivity contribution in [3.8, 4) is 11.1 Å². The number of alkyl halides is 4. The quantitative estimate of drug-likeness (QED) is 0.322. The fraction of sp³-hybridized carbons (Fsp3) is 0.452. The van der Waals surface area contributed by atoms with Gasteiger partial charge in [0.1, 0.15) is 5.82 Å². The van der Waals surface area contributed by atoms with Gasteiger partial charge in [-0.3, -0.25) is 4.98 Å². The van der Waals surface area contributed by atoms with Gasteiger partial charge in [-0.1, -0.05) is 57.9 Å². The van der Waals surface area contributed by atoms with Crippen LogP contribution in [-0.2, 0) is 6.18 Å². The fourth-order valence-corrected chi connectivity index (χ4v) is 5.55. The Labute approximate surface area is 220 Å². The standard InChI is InChI=1S/C31H34F5NO/c1-18-25(24(38)17-30(2,3)4)26(19-11-15-23(32)16-12-19)27(29(37-18)21-7-5-6-8-21)28(33)20-9-13-22(14-10-20)31(34,35)36/h9-16,21,24,28,38H,5-8,17H2,1-4H3/t24-,28-/m0/s1. The molecule has 3 aromatic rings. The maximum absolute atomic E-state index is 16.7. The van der Waals surface area contributed by atoms with E-state index in [2.05, 4.69) is 0 Å². The van der Waals surface area contributed by atoms with Crippen molar-refractivity contribution < 1.29 is 27.1 Å². The van der Waals surface area contributed by atoms with E-state index in [9.17, 15) is 22.7 Å². The molecule has 2 aromatic carbocycles. The third-order valence-corrected chi connectivity index (χ3v) is 7.29. The normalized spacial score (nSPS) is 16.6. The van der Waals surface area contributed by atoms with Crippen molar-refractivity contribution in [3.63, 3.8) is 0 Å². The van der Waals surface area contributed by atoms with Crippen molar-refractivity contribution in [1.29, 1.82) is 0 Å². The first-order valence-electron chi connectivity index (χ1n) is 13.1. The van der Waals surface area contributed by atoms with Crippen molar-refractivity contribution in [2.24, 2.45) is 5.41 Å². The minimum atomic E-state index is -4.53. The molecule has 1 aliphatic rings. The lowest BCUT2D eigenvalue weighted by molar-refractivity contribution is -0.137. The zero-order valence-electron chi connectivity index (χ0n) is 22.2. The molecule has 2 nitrogen and oxygen atoms in total. The molecule has 1 N–H and O–H groups in total. The summed E-state index contributed by atoms with van der Waals surface area (Å²) in [6.45, 7) is 7.77. The predicted molar refractivity (Wildman–Crippen MR) is 139 cm³/mol. The second kappa shape index (κ2) is 10.8. The summed E-state index contributed by atoms with van der Waals surface area (Å²) < 4.78 is 70.2. The second-order valence-corrected chi connectivity index (χ2v) is 11.5. The van der Waals surface area contributed by atoms with Gasteiger partial charge < -0.3 is 5.11 Å². The molecule has 7 heteroatoms. The number of halogens is 5. The maximum Gasteiger partial charge on any atom is 0.416 e.